The van der Waals surface area contributed by atoms with Crippen LogP contribution in [0, 0.1) is 5.92 Å². The minimum absolute atomic E-state index is 0. The molecular weight excluding hydrogens is 515 g/mol. The Morgan fingerprint density at radius 1 is 1.23 bits per heavy atom. The first-order chi connectivity index (χ1) is 14.1. The summed E-state index contributed by atoms with van der Waals surface area (Å²) in [5, 5.41) is 16.4. The van der Waals surface area contributed by atoms with E-state index in [0.29, 0.717) is 19.3 Å². The lowest BCUT2D eigenvalue weighted by Crippen LogP contribution is -2.37. The molecule has 0 atom stereocenters. The van der Waals surface area contributed by atoms with Gasteiger partial charge < -0.3 is 24.7 Å². The molecule has 1 aliphatic heterocycles. The molecule has 166 valence electrons. The molecule has 0 bridgehead atoms. The molecule has 0 saturated heterocycles. The molecule has 0 spiro atoms. The number of rotatable bonds is 9. The van der Waals surface area contributed by atoms with Crippen LogP contribution in [0.25, 0.3) is 0 Å². The predicted molar refractivity (Wildman–Crippen MR) is 131 cm³/mol. The Balaban J connectivity index is 0.00000320. The highest BCUT2D eigenvalue weighted by Gasteiger charge is 2.14. The van der Waals surface area contributed by atoms with Crippen LogP contribution in [0.15, 0.2) is 28.3 Å². The summed E-state index contributed by atoms with van der Waals surface area (Å²) in [5.41, 5.74) is 1.11. The second kappa shape index (κ2) is 12.2. The molecule has 1 aliphatic rings. The molecular formula is C20H31IN6O2S. The molecule has 0 aliphatic carbocycles. The van der Waals surface area contributed by atoms with Crippen molar-refractivity contribution in [3.8, 4) is 11.5 Å². The van der Waals surface area contributed by atoms with Crippen molar-refractivity contribution in [2.24, 2.45) is 10.9 Å². The molecule has 0 amide bonds. The first-order valence-electron chi connectivity index (χ1n) is 9.89. The van der Waals surface area contributed by atoms with Gasteiger partial charge in [0.2, 0.25) is 6.79 Å². The Labute approximate surface area is 199 Å². The monoisotopic (exact) mass is 546 g/mol. The number of halogens is 1. The van der Waals surface area contributed by atoms with Gasteiger partial charge in [-0.3, -0.25) is 4.99 Å². The highest BCUT2D eigenvalue weighted by atomic mass is 127. The molecule has 30 heavy (non-hydrogen) atoms. The average Bonchev–Trinajstić information content (AvgIpc) is 3.33. The lowest BCUT2D eigenvalue weighted by atomic mass is 10.2. The molecule has 8 nitrogen and oxygen atoms in total. The van der Waals surface area contributed by atoms with E-state index in [1.807, 2.05) is 24.5 Å². The van der Waals surface area contributed by atoms with E-state index in [0.717, 1.165) is 59.9 Å². The third-order valence-electron chi connectivity index (χ3n) is 4.51. The van der Waals surface area contributed by atoms with Gasteiger partial charge in [0, 0.05) is 33.1 Å². The van der Waals surface area contributed by atoms with Crippen molar-refractivity contribution < 1.29 is 9.47 Å². The highest BCUT2D eigenvalue weighted by Crippen LogP contribution is 2.32. The van der Waals surface area contributed by atoms with E-state index in [4.69, 9.17) is 9.47 Å². The normalized spacial score (nSPS) is 12.8. The zero-order valence-corrected chi connectivity index (χ0v) is 21.1. The van der Waals surface area contributed by atoms with Gasteiger partial charge in [0.25, 0.3) is 0 Å². The largest absolute Gasteiger partial charge is 0.454 e. The Morgan fingerprint density at radius 3 is 2.77 bits per heavy atom. The molecule has 0 saturated carbocycles. The minimum atomic E-state index is 0. The number of fused-ring (bicyclic) bond motifs is 1. The molecule has 0 fully saturated rings. The van der Waals surface area contributed by atoms with Gasteiger partial charge >= 0.3 is 0 Å². The number of hydrogen-bond donors (Lipinski definition) is 2. The molecule has 1 aromatic heterocycles. The van der Waals surface area contributed by atoms with Gasteiger partial charge in [-0.1, -0.05) is 31.7 Å². The third-order valence-corrected chi connectivity index (χ3v) is 5.18. The molecule has 3 rings (SSSR count). The van der Waals surface area contributed by atoms with Crippen molar-refractivity contribution in [2.75, 3.05) is 26.6 Å². The van der Waals surface area contributed by atoms with E-state index in [1.165, 1.54) is 0 Å². The summed E-state index contributed by atoms with van der Waals surface area (Å²) in [7, 11) is 1.78. The number of nitrogens with zero attached hydrogens (tertiary/aromatic N) is 4. The van der Waals surface area contributed by atoms with Gasteiger partial charge in [-0.2, -0.15) is 0 Å². The van der Waals surface area contributed by atoms with Crippen molar-refractivity contribution in [1.82, 2.24) is 25.4 Å². The summed E-state index contributed by atoms with van der Waals surface area (Å²) in [6.07, 6.45) is 3.88. The first kappa shape index (κ1) is 24.6. The zero-order valence-electron chi connectivity index (χ0n) is 18.0. The van der Waals surface area contributed by atoms with Crippen molar-refractivity contribution >= 4 is 41.7 Å². The first-order valence-corrected chi connectivity index (χ1v) is 11.1. The standard InChI is InChI=1S/C20H30N6O2S.HI/c1-14(2)12-26-18(24-25-20(26)29-4)6-5-9-22-19(21-3)23-11-15-7-8-16-17(10-15)28-13-27-16;/h7-8,10,14H,5-6,9,11-13H2,1-4H3,(H2,21,22,23);1H. The van der Waals surface area contributed by atoms with E-state index in [2.05, 4.69) is 44.2 Å². The number of guanidine groups is 1. The van der Waals surface area contributed by atoms with Gasteiger partial charge in [0.1, 0.15) is 5.82 Å². The maximum absolute atomic E-state index is 5.43. The Hall–Kier alpha value is -1.69. The summed E-state index contributed by atoms with van der Waals surface area (Å²) in [6, 6.07) is 5.96. The van der Waals surface area contributed by atoms with Crippen LogP contribution in [0.4, 0.5) is 0 Å². The van der Waals surface area contributed by atoms with Gasteiger partial charge in [-0.05, 0) is 36.3 Å². The summed E-state index contributed by atoms with van der Waals surface area (Å²) < 4.78 is 13.0. The quantitative estimate of drug-likeness (QED) is 0.164. The van der Waals surface area contributed by atoms with Gasteiger partial charge in [-0.15, -0.1) is 34.2 Å². The zero-order chi connectivity index (χ0) is 20.6. The molecule has 10 heteroatoms. The Kier molecular flexibility index (Phi) is 10.0. The number of ether oxygens (including phenoxy) is 2. The number of aromatic nitrogens is 3. The van der Waals surface area contributed by atoms with E-state index in [-0.39, 0.29) is 24.0 Å². The molecule has 0 unspecified atom stereocenters. The van der Waals surface area contributed by atoms with Gasteiger partial charge in [0.05, 0.1) is 0 Å². The number of nitrogens with one attached hydrogen (secondary N) is 2. The number of hydrogen-bond acceptors (Lipinski definition) is 6. The smallest absolute Gasteiger partial charge is 0.231 e. The van der Waals surface area contributed by atoms with Crippen LogP contribution in [0.3, 0.4) is 0 Å². The average molecular weight is 546 g/mol. The third kappa shape index (κ3) is 6.66. The van der Waals surface area contributed by atoms with Crippen LogP contribution in [0.2, 0.25) is 0 Å². The lowest BCUT2D eigenvalue weighted by molar-refractivity contribution is 0.174. The molecule has 1 aromatic carbocycles. The van der Waals surface area contributed by atoms with Crippen LogP contribution in [-0.2, 0) is 19.5 Å². The fourth-order valence-corrected chi connectivity index (χ4v) is 3.64. The van der Waals surface area contributed by atoms with E-state index >= 15 is 0 Å². The van der Waals surface area contributed by atoms with E-state index in [1.54, 1.807) is 18.8 Å². The van der Waals surface area contributed by atoms with E-state index in [9.17, 15) is 0 Å². The SMILES string of the molecule is CN=C(NCCCc1nnc(SC)n1CC(C)C)NCc1ccc2c(c1)OCO2.I. The fraction of sp³-hybridized carbons (Fsp3) is 0.550. The van der Waals surface area contributed by atoms with Crippen molar-refractivity contribution in [2.45, 2.75) is 44.9 Å². The summed E-state index contributed by atoms with van der Waals surface area (Å²) in [6.45, 7) is 7.14. The summed E-state index contributed by atoms with van der Waals surface area (Å²) in [5.74, 6) is 3.98. The van der Waals surface area contributed by atoms with Crippen molar-refractivity contribution in [1.29, 1.82) is 0 Å². The maximum atomic E-state index is 5.43. The molecule has 2 N–H and O–H groups in total. The lowest BCUT2D eigenvalue weighted by Gasteiger charge is -2.13. The Bertz CT molecular complexity index is 843. The van der Waals surface area contributed by atoms with Crippen LogP contribution < -0.4 is 20.1 Å². The molecule has 0 radical (unpaired) electrons. The second-order valence-corrected chi connectivity index (χ2v) is 8.02. The fourth-order valence-electron chi connectivity index (χ4n) is 3.11. The summed E-state index contributed by atoms with van der Waals surface area (Å²) >= 11 is 1.65. The van der Waals surface area contributed by atoms with E-state index < -0.39 is 0 Å². The topological polar surface area (TPSA) is 85.6 Å². The number of aryl methyl sites for hydroxylation is 1. The molecule has 2 aromatic rings. The van der Waals surface area contributed by atoms with Crippen LogP contribution in [0.1, 0.15) is 31.7 Å². The van der Waals surface area contributed by atoms with Crippen LogP contribution in [-0.4, -0.2) is 47.4 Å². The van der Waals surface area contributed by atoms with Gasteiger partial charge in [-0.25, -0.2) is 0 Å². The van der Waals surface area contributed by atoms with Gasteiger partial charge in [0.15, 0.2) is 22.6 Å². The Morgan fingerprint density at radius 2 is 2.03 bits per heavy atom. The number of aliphatic imine (C=N–C) groups is 1. The van der Waals surface area contributed by atoms with Crippen molar-refractivity contribution in [3.63, 3.8) is 0 Å². The molecule has 2 heterocycles. The van der Waals surface area contributed by atoms with Crippen LogP contribution in [0.5, 0.6) is 11.5 Å². The second-order valence-electron chi connectivity index (χ2n) is 7.25. The summed E-state index contributed by atoms with van der Waals surface area (Å²) in [4.78, 5) is 4.30. The maximum Gasteiger partial charge on any atom is 0.231 e. The highest BCUT2D eigenvalue weighted by molar-refractivity contribution is 14.0. The van der Waals surface area contributed by atoms with Crippen LogP contribution >= 0.6 is 35.7 Å². The number of thioether (sulfide) groups is 1. The predicted octanol–water partition coefficient (Wildman–Crippen LogP) is 3.30. The minimum Gasteiger partial charge on any atom is -0.454 e. The number of benzene rings is 1. The van der Waals surface area contributed by atoms with Crippen molar-refractivity contribution in [3.05, 3.63) is 29.6 Å².